The Morgan fingerprint density at radius 3 is 2.57 bits per heavy atom. The summed E-state index contributed by atoms with van der Waals surface area (Å²) in [7, 11) is 0. The molecule has 0 unspecified atom stereocenters. The zero-order valence-electron chi connectivity index (χ0n) is 8.48. The van der Waals surface area contributed by atoms with Gasteiger partial charge in [-0.25, -0.2) is 0 Å². The molecule has 0 radical (unpaired) electrons. The number of carbonyl (C=O) groups excluding carboxylic acids is 1. The normalized spacial score (nSPS) is 17.3. The van der Waals surface area contributed by atoms with Gasteiger partial charge in [0, 0.05) is 19.0 Å². The molecule has 0 aromatic carbocycles. The molecule has 0 aliphatic heterocycles. The van der Waals surface area contributed by atoms with E-state index < -0.39 is 0 Å². The van der Waals surface area contributed by atoms with Gasteiger partial charge in [-0.2, -0.15) is 12.6 Å². The van der Waals surface area contributed by atoms with Crippen LogP contribution in [0.3, 0.4) is 0 Å². The van der Waals surface area contributed by atoms with Gasteiger partial charge in [-0.3, -0.25) is 4.79 Å². The maximum absolute atomic E-state index is 11.7. The molecule has 1 aliphatic rings. The smallest absolute Gasteiger partial charge is 0.223 e. The van der Waals surface area contributed by atoms with E-state index in [-0.39, 0.29) is 12.5 Å². The molecule has 1 saturated carbocycles. The maximum Gasteiger partial charge on any atom is 0.223 e. The number of thiol groups is 1. The van der Waals surface area contributed by atoms with E-state index in [9.17, 15) is 4.79 Å². The molecule has 0 saturated heterocycles. The minimum absolute atomic E-state index is 0.0643. The lowest BCUT2D eigenvalue weighted by molar-refractivity contribution is -0.133. The summed E-state index contributed by atoms with van der Waals surface area (Å²) in [6, 6.07) is 0.370. The summed E-state index contributed by atoms with van der Waals surface area (Å²) in [5.74, 6) is 0.731. The SMILES string of the molecule is O=C(CCS)N(CCO)C1CCCC1. The molecule has 0 aromatic rings. The van der Waals surface area contributed by atoms with Gasteiger partial charge in [-0.1, -0.05) is 12.8 Å². The van der Waals surface area contributed by atoms with Crippen molar-refractivity contribution in [2.24, 2.45) is 0 Å². The second-order valence-electron chi connectivity index (χ2n) is 3.72. The molecular formula is C10H19NO2S. The third-order valence-corrected chi connectivity index (χ3v) is 2.98. The lowest BCUT2D eigenvalue weighted by atomic mass is 10.2. The van der Waals surface area contributed by atoms with Crippen molar-refractivity contribution in [3.63, 3.8) is 0 Å². The van der Waals surface area contributed by atoms with E-state index in [2.05, 4.69) is 12.6 Å². The van der Waals surface area contributed by atoms with E-state index in [1.165, 1.54) is 12.8 Å². The molecule has 0 spiro atoms. The van der Waals surface area contributed by atoms with Gasteiger partial charge in [0.15, 0.2) is 0 Å². The van der Waals surface area contributed by atoms with Crippen LogP contribution in [0.5, 0.6) is 0 Å². The highest BCUT2D eigenvalue weighted by Crippen LogP contribution is 2.23. The topological polar surface area (TPSA) is 40.5 Å². The fourth-order valence-electron chi connectivity index (χ4n) is 2.07. The zero-order chi connectivity index (χ0) is 10.4. The highest BCUT2D eigenvalue weighted by molar-refractivity contribution is 7.80. The number of aliphatic hydroxyl groups excluding tert-OH is 1. The van der Waals surface area contributed by atoms with Crippen molar-refractivity contribution >= 4 is 18.5 Å². The summed E-state index contributed by atoms with van der Waals surface area (Å²) in [5.41, 5.74) is 0. The number of hydrogen-bond donors (Lipinski definition) is 2. The van der Waals surface area contributed by atoms with E-state index in [0.29, 0.717) is 24.8 Å². The van der Waals surface area contributed by atoms with Crippen molar-refractivity contribution in [2.75, 3.05) is 18.9 Å². The van der Waals surface area contributed by atoms with Crippen LogP contribution < -0.4 is 0 Å². The summed E-state index contributed by atoms with van der Waals surface area (Å²) in [6.45, 7) is 0.548. The van der Waals surface area contributed by atoms with Gasteiger partial charge in [-0.05, 0) is 18.6 Å². The first-order chi connectivity index (χ1) is 6.79. The largest absolute Gasteiger partial charge is 0.395 e. The first-order valence-corrected chi connectivity index (χ1v) is 5.94. The summed E-state index contributed by atoms with van der Waals surface area (Å²) in [6.07, 6.45) is 5.09. The van der Waals surface area contributed by atoms with E-state index in [0.717, 1.165) is 12.8 Å². The molecule has 1 aliphatic carbocycles. The molecule has 0 heterocycles. The van der Waals surface area contributed by atoms with E-state index in [1.807, 2.05) is 4.90 Å². The Balaban J connectivity index is 2.48. The fraction of sp³-hybridized carbons (Fsp3) is 0.900. The minimum atomic E-state index is 0.0643. The Bertz CT molecular complexity index is 181. The van der Waals surface area contributed by atoms with Crippen LogP contribution in [0.1, 0.15) is 32.1 Å². The molecule has 4 heteroatoms. The Morgan fingerprint density at radius 2 is 2.07 bits per heavy atom. The first-order valence-electron chi connectivity index (χ1n) is 5.30. The van der Waals surface area contributed by atoms with Crippen LogP contribution in [0.4, 0.5) is 0 Å². The monoisotopic (exact) mass is 217 g/mol. The van der Waals surface area contributed by atoms with Crippen LogP contribution in [0.2, 0.25) is 0 Å². The Labute approximate surface area is 90.9 Å². The van der Waals surface area contributed by atoms with Crippen molar-refractivity contribution in [1.29, 1.82) is 0 Å². The predicted molar refractivity (Wildman–Crippen MR) is 59.5 cm³/mol. The van der Waals surface area contributed by atoms with Gasteiger partial charge in [-0.15, -0.1) is 0 Å². The number of aliphatic hydroxyl groups is 1. The number of hydrogen-bond acceptors (Lipinski definition) is 3. The highest BCUT2D eigenvalue weighted by Gasteiger charge is 2.25. The molecule has 1 fully saturated rings. The van der Waals surface area contributed by atoms with Crippen LogP contribution in [-0.4, -0.2) is 40.9 Å². The molecule has 1 N–H and O–H groups in total. The minimum Gasteiger partial charge on any atom is -0.395 e. The van der Waals surface area contributed by atoms with Crippen LogP contribution in [-0.2, 0) is 4.79 Å². The second kappa shape index (κ2) is 6.30. The standard InChI is InChI=1S/C10H19NO2S/c12-7-6-11(10(13)5-8-14)9-3-1-2-4-9/h9,12,14H,1-8H2. The molecule has 14 heavy (non-hydrogen) atoms. The summed E-state index contributed by atoms with van der Waals surface area (Å²) in [4.78, 5) is 13.5. The molecule has 1 amide bonds. The second-order valence-corrected chi connectivity index (χ2v) is 4.17. The summed E-state index contributed by atoms with van der Waals surface area (Å²) < 4.78 is 0. The predicted octanol–water partition coefficient (Wildman–Crippen LogP) is 1.07. The third-order valence-electron chi connectivity index (χ3n) is 2.75. The lowest BCUT2D eigenvalue weighted by Crippen LogP contribution is -2.40. The lowest BCUT2D eigenvalue weighted by Gasteiger charge is -2.28. The Kier molecular flexibility index (Phi) is 5.33. The summed E-state index contributed by atoms with van der Waals surface area (Å²) >= 11 is 4.06. The van der Waals surface area contributed by atoms with Crippen molar-refractivity contribution in [3.8, 4) is 0 Å². The fourth-order valence-corrected chi connectivity index (χ4v) is 2.27. The van der Waals surface area contributed by atoms with Crippen molar-refractivity contribution in [3.05, 3.63) is 0 Å². The van der Waals surface area contributed by atoms with E-state index >= 15 is 0 Å². The van der Waals surface area contributed by atoms with Gasteiger partial charge < -0.3 is 10.0 Å². The quantitative estimate of drug-likeness (QED) is 0.676. The Morgan fingerprint density at radius 1 is 1.43 bits per heavy atom. The molecule has 1 rings (SSSR count). The van der Waals surface area contributed by atoms with E-state index in [4.69, 9.17) is 5.11 Å². The van der Waals surface area contributed by atoms with E-state index in [1.54, 1.807) is 0 Å². The summed E-state index contributed by atoms with van der Waals surface area (Å²) in [5, 5.41) is 8.90. The average Bonchev–Trinajstić information content (AvgIpc) is 2.67. The molecule has 0 atom stereocenters. The van der Waals surface area contributed by atoms with Crippen LogP contribution >= 0.6 is 12.6 Å². The van der Waals surface area contributed by atoms with Crippen LogP contribution in [0, 0.1) is 0 Å². The number of nitrogens with zero attached hydrogens (tertiary/aromatic N) is 1. The van der Waals surface area contributed by atoms with Gasteiger partial charge in [0.25, 0.3) is 0 Å². The van der Waals surface area contributed by atoms with Crippen molar-refractivity contribution < 1.29 is 9.90 Å². The number of carbonyl (C=O) groups is 1. The Hall–Kier alpha value is -0.220. The van der Waals surface area contributed by atoms with Crippen LogP contribution in [0.15, 0.2) is 0 Å². The van der Waals surface area contributed by atoms with Crippen molar-refractivity contribution in [2.45, 2.75) is 38.1 Å². The molecule has 0 aromatic heterocycles. The molecule has 3 nitrogen and oxygen atoms in total. The third kappa shape index (κ3) is 3.17. The molecular weight excluding hydrogens is 198 g/mol. The average molecular weight is 217 g/mol. The van der Waals surface area contributed by atoms with Gasteiger partial charge in [0.2, 0.25) is 5.91 Å². The molecule has 0 bridgehead atoms. The van der Waals surface area contributed by atoms with Gasteiger partial charge >= 0.3 is 0 Å². The van der Waals surface area contributed by atoms with Gasteiger partial charge in [0.1, 0.15) is 0 Å². The number of amides is 1. The zero-order valence-corrected chi connectivity index (χ0v) is 9.38. The maximum atomic E-state index is 11.7. The first kappa shape index (κ1) is 11.9. The van der Waals surface area contributed by atoms with Crippen LogP contribution in [0.25, 0.3) is 0 Å². The van der Waals surface area contributed by atoms with Gasteiger partial charge in [0.05, 0.1) is 6.61 Å². The molecule has 82 valence electrons. The number of rotatable bonds is 5. The highest BCUT2D eigenvalue weighted by atomic mass is 32.1. The van der Waals surface area contributed by atoms with Crippen molar-refractivity contribution in [1.82, 2.24) is 4.90 Å².